The SMILES string of the molecule is COC(=O)OCONN=NC(C)(C)C. The van der Waals surface area contributed by atoms with Gasteiger partial charge in [-0.1, -0.05) is 5.22 Å². The average Bonchev–Trinajstić information content (AvgIpc) is 2.08. The van der Waals surface area contributed by atoms with Crippen molar-refractivity contribution in [3.63, 3.8) is 0 Å². The number of ether oxygens (including phenoxy) is 2. The quantitative estimate of drug-likeness (QED) is 0.247. The molecule has 0 radical (unpaired) electrons. The predicted molar refractivity (Wildman–Crippen MR) is 47.2 cm³/mol. The number of carbonyl (C=O) groups excluding carboxylic acids is 1. The lowest BCUT2D eigenvalue weighted by Crippen LogP contribution is -2.16. The second-order valence-electron chi connectivity index (χ2n) is 3.32. The maximum Gasteiger partial charge on any atom is 0.510 e. The molecule has 0 aliphatic carbocycles. The molecular formula is C7H15N3O4. The second-order valence-corrected chi connectivity index (χ2v) is 3.32. The third-order valence-corrected chi connectivity index (χ3v) is 0.858. The van der Waals surface area contributed by atoms with E-state index in [2.05, 4.69) is 30.2 Å². The molecule has 0 aromatic carbocycles. The molecule has 1 N–H and O–H groups in total. The number of nitrogens with one attached hydrogen (secondary N) is 1. The van der Waals surface area contributed by atoms with E-state index in [0.29, 0.717) is 0 Å². The summed E-state index contributed by atoms with van der Waals surface area (Å²) in [6.45, 7) is 5.34. The van der Waals surface area contributed by atoms with Gasteiger partial charge in [-0.2, -0.15) is 10.7 Å². The van der Waals surface area contributed by atoms with Crippen LogP contribution in [0.5, 0.6) is 0 Å². The van der Waals surface area contributed by atoms with Crippen LogP contribution in [-0.2, 0) is 14.3 Å². The van der Waals surface area contributed by atoms with E-state index in [4.69, 9.17) is 0 Å². The lowest BCUT2D eigenvalue weighted by Gasteiger charge is -2.08. The maximum absolute atomic E-state index is 10.4. The van der Waals surface area contributed by atoms with Gasteiger partial charge in [0.25, 0.3) is 0 Å². The molecule has 0 aliphatic heterocycles. The van der Waals surface area contributed by atoms with E-state index >= 15 is 0 Å². The molecule has 0 fully saturated rings. The van der Waals surface area contributed by atoms with Crippen LogP contribution in [0.4, 0.5) is 4.79 Å². The summed E-state index contributed by atoms with van der Waals surface area (Å²) in [5, 5.41) is 7.30. The van der Waals surface area contributed by atoms with Crippen LogP contribution in [0.2, 0.25) is 0 Å². The van der Waals surface area contributed by atoms with Gasteiger partial charge in [0.1, 0.15) is 0 Å². The van der Waals surface area contributed by atoms with Crippen molar-refractivity contribution in [2.45, 2.75) is 26.3 Å². The topological polar surface area (TPSA) is 81.5 Å². The minimum atomic E-state index is -0.820. The smallest absolute Gasteiger partial charge is 0.438 e. The van der Waals surface area contributed by atoms with Crippen molar-refractivity contribution in [1.29, 1.82) is 0 Å². The van der Waals surface area contributed by atoms with E-state index in [1.54, 1.807) is 0 Å². The molecule has 0 rings (SSSR count). The third-order valence-electron chi connectivity index (χ3n) is 0.858. The Labute approximate surface area is 82.4 Å². The molecule has 0 saturated heterocycles. The fourth-order valence-electron chi connectivity index (χ4n) is 0.362. The van der Waals surface area contributed by atoms with Gasteiger partial charge in [0.2, 0.25) is 6.79 Å². The van der Waals surface area contributed by atoms with Crippen LogP contribution >= 0.6 is 0 Å². The molecule has 0 bridgehead atoms. The van der Waals surface area contributed by atoms with Gasteiger partial charge < -0.3 is 9.47 Å². The van der Waals surface area contributed by atoms with Gasteiger partial charge in [-0.05, 0) is 20.8 Å². The zero-order valence-electron chi connectivity index (χ0n) is 8.73. The Balaban J connectivity index is 3.39. The Hall–Kier alpha value is -1.37. The van der Waals surface area contributed by atoms with E-state index in [1.807, 2.05) is 20.8 Å². The first-order chi connectivity index (χ1) is 6.45. The zero-order valence-corrected chi connectivity index (χ0v) is 8.73. The highest BCUT2D eigenvalue weighted by molar-refractivity contribution is 5.59. The molecular weight excluding hydrogens is 190 g/mol. The van der Waals surface area contributed by atoms with Crippen LogP contribution in [0.3, 0.4) is 0 Å². The Morgan fingerprint density at radius 1 is 1.43 bits per heavy atom. The minimum absolute atomic E-state index is 0.278. The fourth-order valence-corrected chi connectivity index (χ4v) is 0.362. The molecule has 0 aromatic heterocycles. The standard InChI is InChI=1S/C7H15N3O4/c1-7(2,3)8-9-10-14-5-13-6(11)12-4/h5H2,1-4H3,(H,8,10). The highest BCUT2D eigenvalue weighted by Crippen LogP contribution is 2.05. The zero-order chi connectivity index (χ0) is 11.0. The van der Waals surface area contributed by atoms with Gasteiger partial charge in [0, 0.05) is 0 Å². The van der Waals surface area contributed by atoms with Gasteiger partial charge in [-0.15, -0.1) is 0 Å². The molecule has 82 valence electrons. The summed E-state index contributed by atoms with van der Waals surface area (Å²) in [5.41, 5.74) is 1.87. The molecule has 0 heterocycles. The Bertz CT molecular complexity index is 200. The highest BCUT2D eigenvalue weighted by Gasteiger charge is 2.06. The molecule has 7 nitrogen and oxygen atoms in total. The van der Waals surface area contributed by atoms with Gasteiger partial charge in [0.05, 0.1) is 12.6 Å². The molecule has 0 unspecified atom stereocenters. The van der Waals surface area contributed by atoms with Crippen LogP contribution in [-0.4, -0.2) is 25.6 Å². The van der Waals surface area contributed by atoms with E-state index in [0.717, 1.165) is 0 Å². The van der Waals surface area contributed by atoms with Crippen LogP contribution in [0, 0.1) is 0 Å². The molecule has 0 aliphatic rings. The van der Waals surface area contributed by atoms with Crippen molar-refractivity contribution >= 4 is 6.16 Å². The van der Waals surface area contributed by atoms with Crippen LogP contribution < -0.4 is 5.59 Å². The Morgan fingerprint density at radius 2 is 2.07 bits per heavy atom. The van der Waals surface area contributed by atoms with E-state index in [9.17, 15) is 4.79 Å². The number of nitrogens with zero attached hydrogens (tertiary/aromatic N) is 2. The van der Waals surface area contributed by atoms with Crippen LogP contribution in [0.25, 0.3) is 0 Å². The summed E-state index contributed by atoms with van der Waals surface area (Å²) >= 11 is 0. The van der Waals surface area contributed by atoms with E-state index < -0.39 is 6.16 Å². The molecule has 7 heteroatoms. The van der Waals surface area contributed by atoms with Crippen molar-refractivity contribution in [1.82, 2.24) is 5.59 Å². The van der Waals surface area contributed by atoms with Crippen molar-refractivity contribution in [2.75, 3.05) is 13.9 Å². The molecule has 0 atom stereocenters. The molecule has 0 aromatic rings. The number of methoxy groups -OCH3 is 1. The monoisotopic (exact) mass is 205 g/mol. The molecule has 0 saturated carbocycles. The first kappa shape index (κ1) is 12.6. The minimum Gasteiger partial charge on any atom is -0.438 e. The first-order valence-corrected chi connectivity index (χ1v) is 3.95. The lowest BCUT2D eigenvalue weighted by atomic mass is 10.1. The first-order valence-electron chi connectivity index (χ1n) is 3.95. The Kier molecular flexibility index (Phi) is 5.54. The second kappa shape index (κ2) is 6.14. The lowest BCUT2D eigenvalue weighted by molar-refractivity contribution is -0.0847. The summed E-state index contributed by atoms with van der Waals surface area (Å²) in [6, 6.07) is 0. The average molecular weight is 205 g/mol. The van der Waals surface area contributed by atoms with Crippen molar-refractivity contribution in [3.05, 3.63) is 0 Å². The van der Waals surface area contributed by atoms with Crippen molar-refractivity contribution in [2.24, 2.45) is 10.3 Å². The summed E-state index contributed by atoms with van der Waals surface area (Å²) in [5.74, 6) is 0. The van der Waals surface area contributed by atoms with Crippen molar-refractivity contribution in [3.8, 4) is 0 Å². The fraction of sp³-hybridized carbons (Fsp3) is 0.857. The third kappa shape index (κ3) is 8.72. The van der Waals surface area contributed by atoms with Gasteiger partial charge in [-0.3, -0.25) is 0 Å². The summed E-state index contributed by atoms with van der Waals surface area (Å²) < 4.78 is 8.56. The van der Waals surface area contributed by atoms with E-state index in [1.165, 1.54) is 7.11 Å². The number of rotatable bonds is 4. The highest BCUT2D eigenvalue weighted by atomic mass is 16.8. The van der Waals surface area contributed by atoms with E-state index in [-0.39, 0.29) is 12.3 Å². The largest absolute Gasteiger partial charge is 0.510 e. The maximum atomic E-state index is 10.4. The summed E-state index contributed by atoms with van der Waals surface area (Å²) in [4.78, 5) is 15.0. The number of carbonyl (C=O) groups is 1. The van der Waals surface area contributed by atoms with Crippen LogP contribution in [0.15, 0.2) is 10.3 Å². The summed E-state index contributed by atoms with van der Waals surface area (Å²) in [6.07, 6.45) is -0.820. The number of hydrogen-bond donors (Lipinski definition) is 1. The van der Waals surface area contributed by atoms with Gasteiger partial charge >= 0.3 is 6.16 Å². The van der Waals surface area contributed by atoms with Crippen LogP contribution in [0.1, 0.15) is 20.8 Å². The van der Waals surface area contributed by atoms with Crippen molar-refractivity contribution < 1.29 is 19.1 Å². The molecule has 0 spiro atoms. The van der Waals surface area contributed by atoms with Gasteiger partial charge in [0.15, 0.2) is 0 Å². The Morgan fingerprint density at radius 3 is 2.57 bits per heavy atom. The normalized spacial score (nSPS) is 11.4. The number of hydrogen-bond acceptors (Lipinski definition) is 6. The molecule has 0 amide bonds. The van der Waals surface area contributed by atoms with Gasteiger partial charge in [-0.25, -0.2) is 9.63 Å². The summed E-state index contributed by atoms with van der Waals surface area (Å²) in [7, 11) is 1.20. The predicted octanol–water partition coefficient (Wildman–Crippen LogP) is 1.41. The molecule has 14 heavy (non-hydrogen) atoms.